The van der Waals surface area contributed by atoms with Crippen LogP contribution in [0.1, 0.15) is 5.69 Å². The molecule has 0 saturated carbocycles. The van der Waals surface area contributed by atoms with Crippen LogP contribution in [0.4, 0.5) is 4.39 Å². The maximum absolute atomic E-state index is 13.2. The van der Waals surface area contributed by atoms with E-state index in [9.17, 15) is 9.18 Å². The van der Waals surface area contributed by atoms with Crippen molar-refractivity contribution in [2.45, 2.75) is 6.54 Å². The molecular formula is C15H10BrFN2O2. The predicted octanol–water partition coefficient (Wildman–Crippen LogP) is 3.45. The van der Waals surface area contributed by atoms with Gasteiger partial charge in [0.25, 0.3) is 5.56 Å². The van der Waals surface area contributed by atoms with E-state index in [-0.39, 0.29) is 17.9 Å². The van der Waals surface area contributed by atoms with E-state index >= 15 is 0 Å². The van der Waals surface area contributed by atoms with Crippen molar-refractivity contribution in [2.24, 2.45) is 0 Å². The summed E-state index contributed by atoms with van der Waals surface area (Å²) in [5.41, 5.74) is 1.02. The minimum atomic E-state index is -0.351. The average molecular weight is 349 g/mol. The van der Waals surface area contributed by atoms with Gasteiger partial charge in [-0.3, -0.25) is 4.79 Å². The first-order chi connectivity index (χ1) is 10.1. The van der Waals surface area contributed by atoms with E-state index in [1.807, 2.05) is 0 Å². The number of halogens is 2. The Morgan fingerprint density at radius 1 is 1.29 bits per heavy atom. The fourth-order valence-corrected chi connectivity index (χ4v) is 2.31. The molecule has 0 bridgehead atoms. The summed E-state index contributed by atoms with van der Waals surface area (Å²) < 4.78 is 20.8. The van der Waals surface area contributed by atoms with E-state index in [1.165, 1.54) is 29.0 Å². The van der Waals surface area contributed by atoms with Crippen LogP contribution in [0.3, 0.4) is 0 Å². The monoisotopic (exact) mass is 348 g/mol. The normalized spacial score (nSPS) is 10.8. The van der Waals surface area contributed by atoms with Crippen molar-refractivity contribution in [1.82, 2.24) is 9.55 Å². The van der Waals surface area contributed by atoms with E-state index in [0.717, 1.165) is 4.47 Å². The molecule has 0 radical (unpaired) electrons. The van der Waals surface area contributed by atoms with Gasteiger partial charge in [-0.2, -0.15) is 0 Å². The van der Waals surface area contributed by atoms with E-state index in [1.54, 1.807) is 24.4 Å². The molecule has 0 aliphatic rings. The van der Waals surface area contributed by atoms with Crippen LogP contribution < -0.4 is 5.56 Å². The van der Waals surface area contributed by atoms with Crippen molar-refractivity contribution in [3.8, 4) is 11.5 Å². The Morgan fingerprint density at radius 2 is 2.14 bits per heavy atom. The number of benzene rings is 1. The first-order valence-corrected chi connectivity index (χ1v) is 6.97. The van der Waals surface area contributed by atoms with Crippen LogP contribution in [0, 0.1) is 5.82 Å². The number of hydrogen-bond donors (Lipinski definition) is 0. The van der Waals surface area contributed by atoms with Crippen molar-refractivity contribution >= 4 is 15.9 Å². The molecule has 3 aromatic rings. The fraction of sp³-hybridized carbons (Fsp3) is 0.0667. The molecule has 0 saturated heterocycles. The first kappa shape index (κ1) is 13.8. The molecule has 0 amide bonds. The number of pyridine rings is 1. The maximum atomic E-state index is 13.2. The zero-order valence-electron chi connectivity index (χ0n) is 10.8. The summed E-state index contributed by atoms with van der Waals surface area (Å²) in [6.45, 7) is 0.289. The number of oxazole rings is 1. The summed E-state index contributed by atoms with van der Waals surface area (Å²) in [5.74, 6) is -0.0250. The van der Waals surface area contributed by atoms with Gasteiger partial charge in [-0.15, -0.1) is 0 Å². The largest absolute Gasteiger partial charge is 0.444 e. The molecule has 0 atom stereocenters. The van der Waals surface area contributed by atoms with Crippen molar-refractivity contribution in [3.05, 3.63) is 75.2 Å². The van der Waals surface area contributed by atoms with Crippen LogP contribution in [0.2, 0.25) is 0 Å². The number of aromatic nitrogens is 2. The van der Waals surface area contributed by atoms with Gasteiger partial charge in [-0.05, 0) is 40.2 Å². The molecule has 106 valence electrons. The third-order valence-electron chi connectivity index (χ3n) is 2.90. The molecule has 0 N–H and O–H groups in total. The highest BCUT2D eigenvalue weighted by atomic mass is 79.9. The standard InChI is InChI=1S/C15H10BrFN2O2/c16-11-4-5-14(20)19(7-11)8-13-9-21-15(18-13)10-2-1-3-12(17)6-10/h1-7,9H,8H2. The fourth-order valence-electron chi connectivity index (χ4n) is 1.93. The summed E-state index contributed by atoms with van der Waals surface area (Å²) in [5, 5.41) is 0. The van der Waals surface area contributed by atoms with Gasteiger partial charge in [0.05, 0.1) is 12.2 Å². The van der Waals surface area contributed by atoms with E-state index in [4.69, 9.17) is 4.42 Å². The second-order valence-corrected chi connectivity index (χ2v) is 5.38. The molecule has 2 heterocycles. The van der Waals surface area contributed by atoms with E-state index in [0.29, 0.717) is 17.1 Å². The number of hydrogen-bond acceptors (Lipinski definition) is 3. The van der Waals surface area contributed by atoms with Crippen molar-refractivity contribution in [1.29, 1.82) is 0 Å². The lowest BCUT2D eigenvalue weighted by Gasteiger charge is -2.02. The van der Waals surface area contributed by atoms with E-state index < -0.39 is 0 Å². The second-order valence-electron chi connectivity index (χ2n) is 4.47. The molecule has 4 nitrogen and oxygen atoms in total. The van der Waals surface area contributed by atoms with Gasteiger partial charge in [-0.1, -0.05) is 6.07 Å². The zero-order chi connectivity index (χ0) is 14.8. The Kier molecular flexibility index (Phi) is 3.70. The van der Waals surface area contributed by atoms with Crippen LogP contribution >= 0.6 is 15.9 Å². The number of rotatable bonds is 3. The highest BCUT2D eigenvalue weighted by Crippen LogP contribution is 2.19. The van der Waals surface area contributed by atoms with Gasteiger partial charge in [-0.25, -0.2) is 9.37 Å². The van der Waals surface area contributed by atoms with Crippen LogP contribution in [-0.2, 0) is 6.54 Å². The highest BCUT2D eigenvalue weighted by molar-refractivity contribution is 9.10. The molecule has 6 heteroatoms. The average Bonchev–Trinajstić information content (AvgIpc) is 2.91. The Hall–Kier alpha value is -2.21. The highest BCUT2D eigenvalue weighted by Gasteiger charge is 2.08. The van der Waals surface area contributed by atoms with E-state index in [2.05, 4.69) is 20.9 Å². The molecule has 2 aromatic heterocycles. The maximum Gasteiger partial charge on any atom is 0.250 e. The molecule has 21 heavy (non-hydrogen) atoms. The predicted molar refractivity (Wildman–Crippen MR) is 79.4 cm³/mol. The summed E-state index contributed by atoms with van der Waals surface area (Å²) in [4.78, 5) is 16.0. The minimum absolute atomic E-state index is 0.131. The van der Waals surface area contributed by atoms with Gasteiger partial charge >= 0.3 is 0 Å². The Morgan fingerprint density at radius 3 is 2.95 bits per heavy atom. The third-order valence-corrected chi connectivity index (χ3v) is 3.37. The van der Waals surface area contributed by atoms with Gasteiger partial charge < -0.3 is 8.98 Å². The van der Waals surface area contributed by atoms with Gasteiger partial charge in [0.1, 0.15) is 12.1 Å². The third kappa shape index (κ3) is 3.11. The molecule has 0 fully saturated rings. The summed E-state index contributed by atoms with van der Waals surface area (Å²) in [6.07, 6.45) is 3.15. The SMILES string of the molecule is O=c1ccc(Br)cn1Cc1coc(-c2cccc(F)c2)n1. The van der Waals surface area contributed by atoms with Crippen LogP contribution in [0.15, 0.2) is 62.5 Å². The van der Waals surface area contributed by atoms with Crippen molar-refractivity contribution in [2.75, 3.05) is 0 Å². The summed E-state index contributed by atoms with van der Waals surface area (Å²) >= 11 is 3.31. The molecule has 0 aliphatic carbocycles. The lowest BCUT2D eigenvalue weighted by molar-refractivity contribution is 0.569. The molecule has 0 aliphatic heterocycles. The topological polar surface area (TPSA) is 48.0 Å². The lowest BCUT2D eigenvalue weighted by Crippen LogP contribution is -2.18. The van der Waals surface area contributed by atoms with Crippen molar-refractivity contribution in [3.63, 3.8) is 0 Å². The van der Waals surface area contributed by atoms with Gasteiger partial charge in [0.2, 0.25) is 5.89 Å². The molecule has 0 spiro atoms. The lowest BCUT2D eigenvalue weighted by atomic mass is 10.2. The minimum Gasteiger partial charge on any atom is -0.444 e. The van der Waals surface area contributed by atoms with Crippen LogP contribution in [0.25, 0.3) is 11.5 Å². The smallest absolute Gasteiger partial charge is 0.250 e. The van der Waals surface area contributed by atoms with Crippen molar-refractivity contribution < 1.29 is 8.81 Å². The molecule has 1 aromatic carbocycles. The first-order valence-electron chi connectivity index (χ1n) is 6.18. The Bertz CT molecular complexity index is 841. The molecule has 3 rings (SSSR count). The molecular weight excluding hydrogens is 339 g/mol. The Labute approximate surface area is 128 Å². The quantitative estimate of drug-likeness (QED) is 0.728. The Balaban J connectivity index is 1.89. The van der Waals surface area contributed by atoms with Crippen LogP contribution in [0.5, 0.6) is 0 Å². The van der Waals surface area contributed by atoms with Gasteiger partial charge in [0, 0.05) is 22.3 Å². The second kappa shape index (κ2) is 5.65. The number of nitrogens with zero attached hydrogens (tertiary/aromatic N) is 2. The summed E-state index contributed by atoms with van der Waals surface area (Å²) in [6, 6.07) is 9.16. The van der Waals surface area contributed by atoms with Crippen LogP contribution in [-0.4, -0.2) is 9.55 Å². The summed E-state index contributed by atoms with van der Waals surface area (Å²) in [7, 11) is 0. The zero-order valence-corrected chi connectivity index (χ0v) is 12.4. The van der Waals surface area contributed by atoms with Gasteiger partial charge in [0.15, 0.2) is 0 Å². The molecule has 0 unspecified atom stereocenters.